The quantitative estimate of drug-likeness (QED) is 0.519. The zero-order valence-corrected chi connectivity index (χ0v) is 16.1. The monoisotopic (exact) mass is 424 g/mol. The molecule has 0 aromatic heterocycles. The Hall–Kier alpha value is -3.13. The van der Waals surface area contributed by atoms with Crippen molar-refractivity contribution in [1.82, 2.24) is 0 Å². The second-order valence-electron chi connectivity index (χ2n) is 6.09. The SMILES string of the molecule is CC(=O)c1ccc(NC(=O)/C=C(/C)C(=O)Nc2ccc(Cl)cc2C(F)(F)F)cc1. The summed E-state index contributed by atoms with van der Waals surface area (Å²) in [6, 6.07) is 9.03. The zero-order chi connectivity index (χ0) is 21.8. The fourth-order valence-corrected chi connectivity index (χ4v) is 2.48. The molecule has 0 spiro atoms. The van der Waals surface area contributed by atoms with Crippen molar-refractivity contribution >= 4 is 40.6 Å². The van der Waals surface area contributed by atoms with Gasteiger partial charge in [-0.3, -0.25) is 14.4 Å². The molecule has 2 aromatic carbocycles. The van der Waals surface area contributed by atoms with Gasteiger partial charge in [0, 0.05) is 27.9 Å². The summed E-state index contributed by atoms with van der Waals surface area (Å²) in [6.45, 7) is 2.69. The molecule has 2 aromatic rings. The highest BCUT2D eigenvalue weighted by Gasteiger charge is 2.34. The van der Waals surface area contributed by atoms with Crippen LogP contribution in [0.5, 0.6) is 0 Å². The molecule has 0 bridgehead atoms. The number of halogens is 4. The van der Waals surface area contributed by atoms with Gasteiger partial charge in [-0.25, -0.2) is 0 Å². The molecule has 5 nitrogen and oxygen atoms in total. The Morgan fingerprint density at radius 3 is 2.14 bits per heavy atom. The minimum atomic E-state index is -4.71. The third-order valence-electron chi connectivity index (χ3n) is 3.80. The summed E-state index contributed by atoms with van der Waals surface area (Å²) in [5.41, 5.74) is -0.814. The van der Waals surface area contributed by atoms with Crippen LogP contribution >= 0.6 is 11.6 Å². The molecular formula is C20H16ClF3N2O3. The first kappa shape index (κ1) is 22.2. The van der Waals surface area contributed by atoms with Crippen LogP contribution in [0.3, 0.4) is 0 Å². The number of alkyl halides is 3. The normalized spacial score (nSPS) is 11.7. The van der Waals surface area contributed by atoms with Gasteiger partial charge in [0.2, 0.25) is 5.91 Å². The van der Waals surface area contributed by atoms with Crippen LogP contribution in [0, 0.1) is 0 Å². The van der Waals surface area contributed by atoms with Crippen molar-refractivity contribution in [1.29, 1.82) is 0 Å². The fraction of sp³-hybridized carbons (Fsp3) is 0.150. The summed E-state index contributed by atoms with van der Waals surface area (Å²) in [5, 5.41) is 4.50. The molecule has 2 rings (SSSR count). The van der Waals surface area contributed by atoms with E-state index in [0.29, 0.717) is 17.3 Å². The number of hydrogen-bond donors (Lipinski definition) is 2. The van der Waals surface area contributed by atoms with Gasteiger partial charge in [0.1, 0.15) is 0 Å². The number of carbonyl (C=O) groups is 3. The Kier molecular flexibility index (Phi) is 6.81. The van der Waals surface area contributed by atoms with E-state index in [2.05, 4.69) is 10.6 Å². The number of anilines is 2. The van der Waals surface area contributed by atoms with Crippen LogP contribution in [0.1, 0.15) is 29.8 Å². The van der Waals surface area contributed by atoms with Crippen molar-refractivity contribution < 1.29 is 27.6 Å². The summed E-state index contributed by atoms with van der Waals surface area (Å²) in [7, 11) is 0. The molecule has 0 heterocycles. The van der Waals surface area contributed by atoms with Gasteiger partial charge in [0.15, 0.2) is 5.78 Å². The van der Waals surface area contributed by atoms with Gasteiger partial charge in [-0.2, -0.15) is 13.2 Å². The number of Topliss-reactive ketones (excluding diaryl/α,β-unsaturated/α-hetero) is 1. The van der Waals surface area contributed by atoms with Crippen molar-refractivity contribution in [2.24, 2.45) is 0 Å². The van der Waals surface area contributed by atoms with Gasteiger partial charge in [0.05, 0.1) is 11.3 Å². The Morgan fingerprint density at radius 1 is 0.966 bits per heavy atom. The van der Waals surface area contributed by atoms with E-state index in [4.69, 9.17) is 11.6 Å². The van der Waals surface area contributed by atoms with Crippen LogP contribution in [0.15, 0.2) is 54.1 Å². The molecule has 0 saturated carbocycles. The van der Waals surface area contributed by atoms with Gasteiger partial charge in [-0.05, 0) is 56.3 Å². The van der Waals surface area contributed by atoms with Crippen molar-refractivity contribution in [3.63, 3.8) is 0 Å². The number of ketones is 1. The second kappa shape index (κ2) is 8.91. The third-order valence-corrected chi connectivity index (χ3v) is 4.04. The van der Waals surface area contributed by atoms with E-state index in [1.54, 1.807) is 0 Å². The lowest BCUT2D eigenvalue weighted by atomic mass is 10.1. The van der Waals surface area contributed by atoms with Crippen molar-refractivity contribution in [2.45, 2.75) is 20.0 Å². The molecule has 0 aliphatic carbocycles. The number of benzene rings is 2. The number of nitrogens with one attached hydrogen (secondary N) is 2. The van der Waals surface area contributed by atoms with Gasteiger partial charge < -0.3 is 10.6 Å². The Labute approximate surface area is 169 Å². The number of carbonyl (C=O) groups excluding carboxylic acids is 3. The van der Waals surface area contributed by atoms with E-state index in [1.807, 2.05) is 0 Å². The molecule has 2 N–H and O–H groups in total. The van der Waals surface area contributed by atoms with Crippen LogP contribution in [0.25, 0.3) is 0 Å². The van der Waals surface area contributed by atoms with Crippen LogP contribution in [-0.4, -0.2) is 17.6 Å². The minimum Gasteiger partial charge on any atom is -0.323 e. The topological polar surface area (TPSA) is 75.3 Å². The number of amides is 2. The zero-order valence-electron chi connectivity index (χ0n) is 15.4. The van der Waals surface area contributed by atoms with E-state index in [0.717, 1.165) is 12.1 Å². The highest BCUT2D eigenvalue weighted by Crippen LogP contribution is 2.36. The molecule has 0 fully saturated rings. The second-order valence-corrected chi connectivity index (χ2v) is 6.53. The Morgan fingerprint density at radius 2 is 1.59 bits per heavy atom. The molecule has 0 saturated heterocycles. The molecule has 0 unspecified atom stereocenters. The first-order valence-corrected chi connectivity index (χ1v) is 8.63. The average molecular weight is 425 g/mol. The van der Waals surface area contributed by atoms with E-state index in [-0.39, 0.29) is 16.4 Å². The maximum atomic E-state index is 13.1. The minimum absolute atomic E-state index is 0.106. The molecule has 0 aliphatic rings. The summed E-state index contributed by atoms with van der Waals surface area (Å²) in [4.78, 5) is 35.5. The van der Waals surface area contributed by atoms with Gasteiger partial charge in [0.25, 0.3) is 5.91 Å². The van der Waals surface area contributed by atoms with Crippen LogP contribution in [0.4, 0.5) is 24.5 Å². The van der Waals surface area contributed by atoms with Crippen molar-refractivity contribution in [3.05, 3.63) is 70.3 Å². The van der Waals surface area contributed by atoms with Crippen molar-refractivity contribution in [2.75, 3.05) is 10.6 Å². The molecule has 2 amide bonds. The van der Waals surface area contributed by atoms with E-state index < -0.39 is 29.2 Å². The summed E-state index contributed by atoms with van der Waals surface area (Å²) < 4.78 is 39.3. The lowest BCUT2D eigenvalue weighted by molar-refractivity contribution is -0.137. The van der Waals surface area contributed by atoms with Gasteiger partial charge >= 0.3 is 6.18 Å². The molecule has 0 atom stereocenters. The molecule has 0 radical (unpaired) electrons. The van der Waals surface area contributed by atoms with Gasteiger partial charge in [-0.1, -0.05) is 11.6 Å². The predicted octanol–water partition coefficient (Wildman–Crippen LogP) is 5.08. The van der Waals surface area contributed by atoms with Crippen LogP contribution in [0.2, 0.25) is 5.02 Å². The summed E-state index contributed by atoms with van der Waals surface area (Å²) in [6.07, 6.45) is -3.76. The fourth-order valence-electron chi connectivity index (χ4n) is 2.31. The van der Waals surface area contributed by atoms with E-state index in [1.165, 1.54) is 44.2 Å². The lowest BCUT2D eigenvalue weighted by Crippen LogP contribution is -2.19. The highest BCUT2D eigenvalue weighted by atomic mass is 35.5. The number of hydrogen-bond acceptors (Lipinski definition) is 3. The maximum absolute atomic E-state index is 13.1. The molecule has 9 heteroatoms. The number of rotatable bonds is 5. The first-order valence-electron chi connectivity index (χ1n) is 8.26. The predicted molar refractivity (Wildman–Crippen MR) is 104 cm³/mol. The Bertz CT molecular complexity index is 983. The summed E-state index contributed by atoms with van der Waals surface area (Å²) in [5.74, 6) is -1.66. The smallest absolute Gasteiger partial charge is 0.323 e. The maximum Gasteiger partial charge on any atom is 0.418 e. The van der Waals surface area contributed by atoms with E-state index in [9.17, 15) is 27.6 Å². The van der Waals surface area contributed by atoms with Crippen LogP contribution in [-0.2, 0) is 15.8 Å². The average Bonchev–Trinajstić information content (AvgIpc) is 2.62. The standard InChI is InChI=1S/C20H16ClF3N2O3/c1-11(9-18(28)25-15-6-3-13(4-7-15)12(2)27)19(29)26-17-8-5-14(21)10-16(17)20(22,23)24/h3-10H,1-2H3,(H,25,28)(H,26,29)/b11-9-. The highest BCUT2D eigenvalue weighted by molar-refractivity contribution is 6.30. The lowest BCUT2D eigenvalue weighted by Gasteiger charge is -2.14. The first-order chi connectivity index (χ1) is 13.5. The summed E-state index contributed by atoms with van der Waals surface area (Å²) >= 11 is 5.60. The van der Waals surface area contributed by atoms with E-state index >= 15 is 0 Å². The molecule has 152 valence electrons. The van der Waals surface area contributed by atoms with Crippen LogP contribution < -0.4 is 10.6 Å². The van der Waals surface area contributed by atoms with Gasteiger partial charge in [-0.15, -0.1) is 0 Å². The largest absolute Gasteiger partial charge is 0.418 e. The third kappa shape index (κ3) is 6.18. The molecular weight excluding hydrogens is 409 g/mol. The Balaban J connectivity index is 2.10. The molecule has 0 aliphatic heterocycles. The molecule has 29 heavy (non-hydrogen) atoms. The van der Waals surface area contributed by atoms with Crippen molar-refractivity contribution in [3.8, 4) is 0 Å².